The maximum atomic E-state index is 12.9. The van der Waals surface area contributed by atoms with Crippen LogP contribution >= 0.6 is 0 Å². The zero-order valence-electron chi connectivity index (χ0n) is 11.2. The van der Waals surface area contributed by atoms with Crippen molar-refractivity contribution in [3.63, 3.8) is 0 Å². The monoisotopic (exact) mass is 294 g/mol. The third-order valence-corrected chi connectivity index (χ3v) is 4.49. The van der Waals surface area contributed by atoms with E-state index in [1.165, 1.54) is 12.1 Å². The van der Waals surface area contributed by atoms with Crippen molar-refractivity contribution < 1.29 is 12.8 Å². The van der Waals surface area contributed by atoms with Gasteiger partial charge in [-0.1, -0.05) is 6.07 Å². The Bertz CT molecular complexity index is 683. The van der Waals surface area contributed by atoms with E-state index in [2.05, 4.69) is 9.71 Å². The Morgan fingerprint density at radius 1 is 1.10 bits per heavy atom. The number of rotatable bonds is 4. The minimum absolute atomic E-state index is 0.0166. The molecule has 0 saturated carbocycles. The summed E-state index contributed by atoms with van der Waals surface area (Å²) in [5, 5.41) is 0. The average Bonchev–Trinajstić information content (AvgIpc) is 2.39. The molecule has 1 aromatic carbocycles. The molecule has 0 aliphatic heterocycles. The topological polar surface area (TPSA) is 59.1 Å². The second-order valence-corrected chi connectivity index (χ2v) is 6.58. The van der Waals surface area contributed by atoms with E-state index in [1.54, 1.807) is 38.2 Å². The molecule has 0 spiro atoms. The van der Waals surface area contributed by atoms with Crippen LogP contribution < -0.4 is 4.72 Å². The summed E-state index contributed by atoms with van der Waals surface area (Å²) in [5.74, 6) is -0.479. The van der Waals surface area contributed by atoms with Crippen LogP contribution in [-0.2, 0) is 15.6 Å². The third kappa shape index (κ3) is 3.20. The molecule has 0 saturated heterocycles. The highest BCUT2D eigenvalue weighted by Gasteiger charge is 2.28. The van der Waals surface area contributed by atoms with Crippen molar-refractivity contribution in [1.29, 1.82) is 0 Å². The fourth-order valence-corrected chi connectivity index (χ4v) is 3.18. The van der Waals surface area contributed by atoms with Crippen LogP contribution in [0, 0.1) is 5.82 Å². The zero-order valence-corrected chi connectivity index (χ0v) is 12.0. The number of nitrogens with zero attached hydrogens (tertiary/aromatic N) is 1. The van der Waals surface area contributed by atoms with Crippen molar-refractivity contribution in [3.8, 4) is 0 Å². The minimum Gasteiger partial charge on any atom is -0.259 e. The lowest BCUT2D eigenvalue weighted by Gasteiger charge is -2.25. The molecule has 2 rings (SSSR count). The minimum atomic E-state index is -3.74. The molecule has 20 heavy (non-hydrogen) atoms. The predicted octanol–water partition coefficient (Wildman–Crippen LogP) is 2.43. The highest BCUT2D eigenvalue weighted by atomic mass is 32.2. The van der Waals surface area contributed by atoms with Gasteiger partial charge in [0.05, 0.1) is 16.1 Å². The maximum absolute atomic E-state index is 12.9. The molecule has 0 unspecified atom stereocenters. The number of nitrogens with one attached hydrogen (secondary N) is 1. The first-order chi connectivity index (χ1) is 9.31. The van der Waals surface area contributed by atoms with E-state index in [0.29, 0.717) is 5.69 Å². The van der Waals surface area contributed by atoms with E-state index in [-0.39, 0.29) is 4.90 Å². The normalized spacial score (nSPS) is 12.3. The SMILES string of the molecule is CC(C)(NS(=O)(=O)c1ccc(F)cc1)c1ccccn1. The van der Waals surface area contributed by atoms with Gasteiger partial charge in [-0.15, -0.1) is 0 Å². The van der Waals surface area contributed by atoms with Crippen molar-refractivity contribution >= 4 is 10.0 Å². The second kappa shape index (κ2) is 5.30. The fraction of sp³-hybridized carbons (Fsp3) is 0.214. The van der Waals surface area contributed by atoms with Gasteiger partial charge in [-0.2, -0.15) is 4.72 Å². The van der Waals surface area contributed by atoms with E-state index in [4.69, 9.17) is 0 Å². The van der Waals surface area contributed by atoms with Gasteiger partial charge in [0, 0.05) is 6.20 Å². The smallest absolute Gasteiger partial charge is 0.241 e. The van der Waals surface area contributed by atoms with Gasteiger partial charge < -0.3 is 0 Å². The van der Waals surface area contributed by atoms with Crippen molar-refractivity contribution in [2.45, 2.75) is 24.3 Å². The molecule has 0 amide bonds. The number of halogens is 1. The highest BCUT2D eigenvalue weighted by Crippen LogP contribution is 2.21. The Morgan fingerprint density at radius 3 is 2.30 bits per heavy atom. The van der Waals surface area contributed by atoms with Crippen LogP contribution in [0.25, 0.3) is 0 Å². The molecule has 1 heterocycles. The van der Waals surface area contributed by atoms with Crippen LogP contribution in [-0.4, -0.2) is 13.4 Å². The van der Waals surface area contributed by atoms with E-state index < -0.39 is 21.4 Å². The summed E-state index contributed by atoms with van der Waals surface area (Å²) in [5.41, 5.74) is -0.264. The summed E-state index contributed by atoms with van der Waals surface area (Å²) >= 11 is 0. The second-order valence-electron chi connectivity index (χ2n) is 4.90. The first-order valence-electron chi connectivity index (χ1n) is 6.02. The van der Waals surface area contributed by atoms with Crippen LogP contribution in [0.1, 0.15) is 19.5 Å². The third-order valence-electron chi connectivity index (χ3n) is 2.82. The number of hydrogen-bond acceptors (Lipinski definition) is 3. The Labute approximate surface area is 117 Å². The Balaban J connectivity index is 2.30. The molecule has 1 N–H and O–H groups in total. The molecule has 0 bridgehead atoms. The van der Waals surface area contributed by atoms with Gasteiger partial charge in [0.2, 0.25) is 10.0 Å². The summed E-state index contributed by atoms with van der Waals surface area (Å²) in [6.07, 6.45) is 1.60. The maximum Gasteiger partial charge on any atom is 0.241 e. The van der Waals surface area contributed by atoms with Gasteiger partial charge in [-0.05, 0) is 50.2 Å². The molecule has 2 aromatic rings. The fourth-order valence-electron chi connectivity index (χ4n) is 1.79. The number of hydrogen-bond donors (Lipinski definition) is 1. The Morgan fingerprint density at radius 2 is 1.75 bits per heavy atom. The molecule has 1 aromatic heterocycles. The average molecular weight is 294 g/mol. The Kier molecular flexibility index (Phi) is 3.87. The van der Waals surface area contributed by atoms with Crippen molar-refractivity contribution in [3.05, 3.63) is 60.2 Å². The molecular formula is C14H15FN2O2S. The lowest BCUT2D eigenvalue weighted by molar-refractivity contribution is 0.460. The number of aromatic nitrogens is 1. The quantitative estimate of drug-likeness (QED) is 0.942. The molecule has 0 atom stereocenters. The molecular weight excluding hydrogens is 279 g/mol. The molecule has 0 radical (unpaired) electrons. The first-order valence-corrected chi connectivity index (χ1v) is 7.51. The van der Waals surface area contributed by atoms with Crippen LogP contribution in [0.4, 0.5) is 4.39 Å². The van der Waals surface area contributed by atoms with Gasteiger partial charge in [0.15, 0.2) is 0 Å². The molecule has 0 aliphatic rings. The highest BCUT2D eigenvalue weighted by molar-refractivity contribution is 7.89. The van der Waals surface area contributed by atoms with E-state index >= 15 is 0 Å². The lowest BCUT2D eigenvalue weighted by atomic mass is 10.0. The molecule has 106 valence electrons. The van der Waals surface area contributed by atoms with E-state index in [1.807, 2.05) is 0 Å². The van der Waals surface area contributed by atoms with Crippen molar-refractivity contribution in [1.82, 2.24) is 9.71 Å². The molecule has 0 aliphatic carbocycles. The van der Waals surface area contributed by atoms with Crippen LogP contribution in [0.3, 0.4) is 0 Å². The van der Waals surface area contributed by atoms with Gasteiger partial charge >= 0.3 is 0 Å². The van der Waals surface area contributed by atoms with Gasteiger partial charge in [-0.3, -0.25) is 4.98 Å². The van der Waals surface area contributed by atoms with Crippen LogP contribution in [0.2, 0.25) is 0 Å². The van der Waals surface area contributed by atoms with Crippen LogP contribution in [0.5, 0.6) is 0 Å². The van der Waals surface area contributed by atoms with Crippen molar-refractivity contribution in [2.24, 2.45) is 0 Å². The lowest BCUT2D eigenvalue weighted by Crippen LogP contribution is -2.41. The zero-order chi connectivity index (χ0) is 14.8. The van der Waals surface area contributed by atoms with Crippen molar-refractivity contribution in [2.75, 3.05) is 0 Å². The van der Waals surface area contributed by atoms with Gasteiger partial charge in [0.25, 0.3) is 0 Å². The standard InChI is InChI=1S/C14H15FN2O2S/c1-14(2,13-5-3-4-10-16-13)17-20(18,19)12-8-6-11(15)7-9-12/h3-10,17H,1-2H3. The predicted molar refractivity (Wildman–Crippen MR) is 74.0 cm³/mol. The summed E-state index contributed by atoms with van der Waals surface area (Å²) in [6.45, 7) is 3.44. The number of benzene rings is 1. The largest absolute Gasteiger partial charge is 0.259 e. The molecule has 0 fully saturated rings. The molecule has 6 heteroatoms. The van der Waals surface area contributed by atoms with Crippen LogP contribution in [0.15, 0.2) is 53.6 Å². The Hall–Kier alpha value is -1.79. The summed E-state index contributed by atoms with van der Waals surface area (Å²) < 4.78 is 40.0. The van der Waals surface area contributed by atoms with Gasteiger partial charge in [-0.25, -0.2) is 12.8 Å². The first kappa shape index (κ1) is 14.6. The summed E-state index contributed by atoms with van der Waals surface area (Å²) in [4.78, 5) is 4.17. The van der Waals surface area contributed by atoms with E-state index in [9.17, 15) is 12.8 Å². The molecule has 4 nitrogen and oxygen atoms in total. The number of pyridine rings is 1. The van der Waals surface area contributed by atoms with E-state index in [0.717, 1.165) is 12.1 Å². The van der Waals surface area contributed by atoms with Gasteiger partial charge in [0.1, 0.15) is 5.82 Å². The summed E-state index contributed by atoms with van der Waals surface area (Å²) in [6, 6.07) is 9.97. The summed E-state index contributed by atoms with van der Waals surface area (Å²) in [7, 11) is -3.74. The number of sulfonamides is 1.